The third-order valence-corrected chi connectivity index (χ3v) is 6.40. The molecule has 1 amide bonds. The number of anilines is 1. The van der Waals surface area contributed by atoms with Crippen molar-refractivity contribution in [2.24, 2.45) is 5.41 Å². The van der Waals surface area contributed by atoms with Gasteiger partial charge in [0.2, 0.25) is 5.91 Å². The molecule has 0 aromatic heterocycles. The number of likely N-dealkylation sites (tertiary alicyclic amines) is 1. The van der Waals surface area contributed by atoms with Crippen molar-refractivity contribution >= 4 is 11.6 Å². The number of hydrogen-bond donors (Lipinski definition) is 0. The molecular weight excluding hydrogens is 382 g/mol. The highest BCUT2D eigenvalue weighted by molar-refractivity contribution is 5.96. The first kappa shape index (κ1) is 21.0. The molecule has 1 spiro atoms. The van der Waals surface area contributed by atoms with Crippen molar-refractivity contribution in [1.29, 1.82) is 0 Å². The first-order valence-corrected chi connectivity index (χ1v) is 10.7. The Morgan fingerprint density at radius 3 is 2.27 bits per heavy atom. The second-order valence-electron chi connectivity index (χ2n) is 10.1. The van der Waals surface area contributed by atoms with Crippen LogP contribution in [-0.2, 0) is 16.8 Å². The van der Waals surface area contributed by atoms with Gasteiger partial charge in [0.1, 0.15) is 11.6 Å². The Balaban J connectivity index is 1.52. The van der Waals surface area contributed by atoms with Crippen LogP contribution in [-0.4, -0.2) is 30.4 Å². The summed E-state index contributed by atoms with van der Waals surface area (Å²) in [6, 6.07) is 11.5. The van der Waals surface area contributed by atoms with E-state index in [0.717, 1.165) is 49.3 Å². The lowest BCUT2D eigenvalue weighted by Crippen LogP contribution is -2.46. The van der Waals surface area contributed by atoms with E-state index in [2.05, 4.69) is 25.7 Å². The molecule has 1 saturated heterocycles. The summed E-state index contributed by atoms with van der Waals surface area (Å²) in [5, 5.41) is 0. The fraction of sp³-hybridized carbons (Fsp3) is 0.480. The highest BCUT2D eigenvalue weighted by Gasteiger charge is 2.46. The first-order valence-electron chi connectivity index (χ1n) is 10.7. The Bertz CT molecular complexity index is 925. The molecule has 0 aliphatic carbocycles. The van der Waals surface area contributed by atoms with E-state index < -0.39 is 0 Å². The van der Waals surface area contributed by atoms with Gasteiger partial charge < -0.3 is 4.90 Å². The van der Waals surface area contributed by atoms with E-state index in [9.17, 15) is 13.6 Å². The smallest absolute Gasteiger partial charge is 0.227 e. The summed E-state index contributed by atoms with van der Waals surface area (Å²) in [7, 11) is 0. The summed E-state index contributed by atoms with van der Waals surface area (Å²) in [6.45, 7) is 9.34. The standard InChI is InChI=1S/C25H30F2N2O/c1-24(2,3)15-23(30)29-17-25(21-14-20(27)8-9-22(21)29)10-12-28(13-11-25)16-18-4-6-19(26)7-5-18/h4-9,14H,10-13,15-17H2,1-3H3. The predicted octanol–water partition coefficient (Wildman–Crippen LogP) is 5.28. The third-order valence-electron chi connectivity index (χ3n) is 6.40. The molecule has 0 bridgehead atoms. The van der Waals surface area contributed by atoms with E-state index in [4.69, 9.17) is 0 Å². The average Bonchev–Trinajstić information content (AvgIpc) is 2.98. The quantitative estimate of drug-likeness (QED) is 0.685. The van der Waals surface area contributed by atoms with Crippen molar-refractivity contribution in [1.82, 2.24) is 4.90 Å². The number of piperidine rings is 1. The van der Waals surface area contributed by atoms with Gasteiger partial charge in [-0.15, -0.1) is 0 Å². The zero-order valence-corrected chi connectivity index (χ0v) is 18.0. The number of fused-ring (bicyclic) bond motifs is 2. The van der Waals surface area contributed by atoms with Gasteiger partial charge in [-0.2, -0.15) is 0 Å². The Morgan fingerprint density at radius 2 is 1.63 bits per heavy atom. The van der Waals surface area contributed by atoms with Gasteiger partial charge >= 0.3 is 0 Å². The molecule has 3 nitrogen and oxygen atoms in total. The molecule has 5 heteroatoms. The minimum Gasteiger partial charge on any atom is -0.311 e. The second kappa shape index (κ2) is 7.77. The van der Waals surface area contributed by atoms with Crippen molar-refractivity contribution in [3.63, 3.8) is 0 Å². The molecule has 2 aliphatic heterocycles. The molecular formula is C25H30F2N2O. The van der Waals surface area contributed by atoms with Crippen molar-refractivity contribution in [3.05, 3.63) is 65.2 Å². The van der Waals surface area contributed by atoms with E-state index in [1.165, 1.54) is 18.2 Å². The summed E-state index contributed by atoms with van der Waals surface area (Å²) in [6.07, 6.45) is 2.23. The van der Waals surface area contributed by atoms with Crippen LogP contribution in [0.2, 0.25) is 0 Å². The van der Waals surface area contributed by atoms with Gasteiger partial charge in [-0.3, -0.25) is 9.69 Å². The molecule has 160 valence electrons. The number of nitrogens with zero attached hydrogens (tertiary/aromatic N) is 2. The first-order chi connectivity index (χ1) is 14.2. The molecule has 0 atom stereocenters. The van der Waals surface area contributed by atoms with E-state index in [1.54, 1.807) is 12.1 Å². The van der Waals surface area contributed by atoms with Gasteiger partial charge in [0.15, 0.2) is 0 Å². The van der Waals surface area contributed by atoms with E-state index >= 15 is 0 Å². The minimum atomic E-state index is -0.244. The number of carbonyl (C=O) groups is 1. The van der Waals surface area contributed by atoms with Gasteiger partial charge in [-0.25, -0.2) is 8.78 Å². The van der Waals surface area contributed by atoms with Gasteiger partial charge in [0, 0.05) is 30.6 Å². The lowest BCUT2D eigenvalue weighted by Gasteiger charge is -2.40. The molecule has 2 aliphatic rings. The number of halogens is 2. The summed E-state index contributed by atoms with van der Waals surface area (Å²) in [5.41, 5.74) is 2.66. The maximum atomic E-state index is 14.2. The van der Waals surface area contributed by atoms with Crippen LogP contribution >= 0.6 is 0 Å². The monoisotopic (exact) mass is 412 g/mol. The lowest BCUT2D eigenvalue weighted by atomic mass is 9.74. The number of rotatable bonds is 3. The average molecular weight is 413 g/mol. The molecule has 30 heavy (non-hydrogen) atoms. The Morgan fingerprint density at radius 1 is 1.00 bits per heavy atom. The maximum absolute atomic E-state index is 14.2. The fourth-order valence-electron chi connectivity index (χ4n) is 4.83. The predicted molar refractivity (Wildman–Crippen MR) is 115 cm³/mol. The van der Waals surface area contributed by atoms with Crippen molar-refractivity contribution in [2.75, 3.05) is 24.5 Å². The van der Waals surface area contributed by atoms with E-state index in [-0.39, 0.29) is 28.4 Å². The molecule has 1 fully saturated rings. The molecule has 2 aromatic carbocycles. The number of carbonyl (C=O) groups excluding carboxylic acids is 1. The Kier molecular flexibility index (Phi) is 5.43. The van der Waals surface area contributed by atoms with Crippen molar-refractivity contribution in [3.8, 4) is 0 Å². The lowest BCUT2D eigenvalue weighted by molar-refractivity contribution is -0.120. The van der Waals surface area contributed by atoms with Crippen molar-refractivity contribution in [2.45, 2.75) is 52.0 Å². The zero-order chi connectivity index (χ0) is 21.5. The van der Waals surface area contributed by atoms with Crippen LogP contribution < -0.4 is 4.90 Å². The molecule has 0 unspecified atom stereocenters. The van der Waals surface area contributed by atoms with Crippen molar-refractivity contribution < 1.29 is 13.6 Å². The van der Waals surface area contributed by atoms with Crippen LogP contribution in [0.4, 0.5) is 14.5 Å². The number of benzene rings is 2. The summed E-state index contributed by atoms with van der Waals surface area (Å²) < 4.78 is 27.3. The molecule has 2 aromatic rings. The minimum absolute atomic E-state index is 0.0917. The summed E-state index contributed by atoms with van der Waals surface area (Å²) in [5.74, 6) is -0.353. The van der Waals surface area contributed by atoms with Crippen LogP contribution in [0, 0.1) is 17.0 Å². The maximum Gasteiger partial charge on any atom is 0.227 e. The summed E-state index contributed by atoms with van der Waals surface area (Å²) in [4.78, 5) is 17.3. The van der Waals surface area contributed by atoms with Crippen LogP contribution in [0.3, 0.4) is 0 Å². The van der Waals surface area contributed by atoms with Gasteiger partial charge in [0.25, 0.3) is 0 Å². The fourth-order valence-corrected chi connectivity index (χ4v) is 4.83. The zero-order valence-electron chi connectivity index (χ0n) is 18.0. The highest BCUT2D eigenvalue weighted by atomic mass is 19.1. The molecule has 2 heterocycles. The van der Waals surface area contributed by atoms with E-state index in [0.29, 0.717) is 13.0 Å². The molecule has 0 radical (unpaired) electrons. The van der Waals surface area contributed by atoms with Gasteiger partial charge in [-0.05, 0) is 72.8 Å². The van der Waals surface area contributed by atoms with Crippen LogP contribution in [0.25, 0.3) is 0 Å². The largest absolute Gasteiger partial charge is 0.311 e. The molecule has 4 rings (SSSR count). The topological polar surface area (TPSA) is 23.6 Å². The third kappa shape index (κ3) is 4.27. The number of hydrogen-bond acceptors (Lipinski definition) is 2. The van der Waals surface area contributed by atoms with E-state index in [1.807, 2.05) is 17.0 Å². The highest BCUT2D eigenvalue weighted by Crippen LogP contribution is 2.48. The normalized spacial score (nSPS) is 18.6. The summed E-state index contributed by atoms with van der Waals surface area (Å²) >= 11 is 0. The SMILES string of the molecule is CC(C)(C)CC(=O)N1CC2(CCN(Cc3ccc(F)cc3)CC2)c2cc(F)ccc21. The van der Waals surface area contributed by atoms with Gasteiger partial charge in [-0.1, -0.05) is 32.9 Å². The molecule has 0 N–H and O–H groups in total. The van der Waals surface area contributed by atoms with Crippen LogP contribution in [0.1, 0.15) is 51.2 Å². The van der Waals surface area contributed by atoms with Crippen LogP contribution in [0.15, 0.2) is 42.5 Å². The second-order valence-corrected chi connectivity index (χ2v) is 10.1. The Labute approximate surface area is 177 Å². The van der Waals surface area contributed by atoms with Crippen LogP contribution in [0.5, 0.6) is 0 Å². The molecule has 0 saturated carbocycles. The van der Waals surface area contributed by atoms with Gasteiger partial charge in [0.05, 0.1) is 0 Å². The number of amides is 1. The Hall–Kier alpha value is -2.27.